The first-order chi connectivity index (χ1) is 11.6. The van der Waals surface area contributed by atoms with Gasteiger partial charge in [-0.2, -0.15) is 0 Å². The van der Waals surface area contributed by atoms with Crippen LogP contribution in [0.5, 0.6) is 0 Å². The predicted molar refractivity (Wildman–Crippen MR) is 90.1 cm³/mol. The standard InChI is InChI=1S/C19H26N2O3/c22-17-14(18(23)24)8-7-13(12-5-6-12)16(17)15-11-19(21-20-15)9-3-1-2-4-10-19/h7-8,12,15-16,20-21H,1-6,9-11H2,(H,23,24). The van der Waals surface area contributed by atoms with Crippen LogP contribution in [0.3, 0.4) is 0 Å². The highest BCUT2D eigenvalue weighted by molar-refractivity contribution is 6.19. The lowest BCUT2D eigenvalue weighted by Gasteiger charge is -2.29. The maximum atomic E-state index is 12.9. The van der Waals surface area contributed by atoms with Crippen molar-refractivity contribution in [1.82, 2.24) is 10.9 Å². The first kappa shape index (κ1) is 16.0. The van der Waals surface area contributed by atoms with E-state index in [1.54, 1.807) is 0 Å². The van der Waals surface area contributed by atoms with Gasteiger partial charge in [0.2, 0.25) is 0 Å². The van der Waals surface area contributed by atoms with Gasteiger partial charge in [0, 0.05) is 11.6 Å². The van der Waals surface area contributed by atoms with Crippen LogP contribution in [-0.4, -0.2) is 28.4 Å². The van der Waals surface area contributed by atoms with Crippen LogP contribution in [0.2, 0.25) is 0 Å². The molecule has 130 valence electrons. The summed E-state index contributed by atoms with van der Waals surface area (Å²) in [6.07, 6.45) is 13.9. The second-order valence-electron chi connectivity index (χ2n) is 7.94. The largest absolute Gasteiger partial charge is 0.478 e. The van der Waals surface area contributed by atoms with E-state index in [9.17, 15) is 14.7 Å². The Hall–Kier alpha value is -1.46. The minimum atomic E-state index is -1.11. The van der Waals surface area contributed by atoms with Gasteiger partial charge >= 0.3 is 5.97 Å². The van der Waals surface area contributed by atoms with E-state index >= 15 is 0 Å². The predicted octanol–water partition coefficient (Wildman–Crippen LogP) is 2.49. The summed E-state index contributed by atoms with van der Waals surface area (Å²) in [6, 6.07) is 0.00509. The Morgan fingerprint density at radius 1 is 1.12 bits per heavy atom. The van der Waals surface area contributed by atoms with Crippen molar-refractivity contribution in [2.24, 2.45) is 11.8 Å². The van der Waals surface area contributed by atoms with Gasteiger partial charge in [0.15, 0.2) is 5.78 Å². The lowest BCUT2D eigenvalue weighted by atomic mass is 9.75. The fourth-order valence-electron chi connectivity index (χ4n) is 4.79. The third-order valence-corrected chi connectivity index (χ3v) is 6.23. The fraction of sp³-hybridized carbons (Fsp3) is 0.684. The van der Waals surface area contributed by atoms with Gasteiger partial charge in [-0.1, -0.05) is 37.3 Å². The smallest absolute Gasteiger partial charge is 0.339 e. The second kappa shape index (κ2) is 6.12. The third-order valence-electron chi connectivity index (χ3n) is 6.23. The average Bonchev–Trinajstić information content (AvgIpc) is 3.34. The molecule has 4 rings (SSSR count). The molecule has 0 amide bonds. The number of carbonyl (C=O) groups excluding carboxylic acids is 1. The number of carbonyl (C=O) groups is 2. The Morgan fingerprint density at radius 3 is 2.46 bits per heavy atom. The molecule has 5 heteroatoms. The summed E-state index contributed by atoms with van der Waals surface area (Å²) in [4.78, 5) is 24.3. The van der Waals surface area contributed by atoms with Gasteiger partial charge in [-0.05, 0) is 44.1 Å². The summed E-state index contributed by atoms with van der Waals surface area (Å²) in [7, 11) is 0. The Balaban J connectivity index is 1.58. The normalized spacial score (nSPS) is 33.1. The van der Waals surface area contributed by atoms with Crippen LogP contribution >= 0.6 is 0 Å². The number of aliphatic carboxylic acids is 1. The van der Waals surface area contributed by atoms with E-state index in [-0.39, 0.29) is 28.9 Å². The van der Waals surface area contributed by atoms with Gasteiger partial charge in [0.1, 0.15) is 5.57 Å². The van der Waals surface area contributed by atoms with E-state index in [0.717, 1.165) is 37.7 Å². The zero-order valence-corrected chi connectivity index (χ0v) is 14.0. The van der Waals surface area contributed by atoms with E-state index in [1.807, 2.05) is 6.08 Å². The number of carboxylic acid groups (broad SMARTS) is 1. The van der Waals surface area contributed by atoms with Gasteiger partial charge in [-0.3, -0.25) is 15.6 Å². The molecule has 24 heavy (non-hydrogen) atoms. The highest BCUT2D eigenvalue weighted by Gasteiger charge is 2.48. The van der Waals surface area contributed by atoms with Crippen molar-refractivity contribution in [3.63, 3.8) is 0 Å². The SMILES string of the molecule is O=C(O)C1=CC=C(C2CC2)C(C2CC3(CCCCCC3)NN2)C1=O. The summed E-state index contributed by atoms with van der Waals surface area (Å²) in [6.45, 7) is 0. The number of hydrazine groups is 1. The van der Waals surface area contributed by atoms with Crippen LogP contribution in [0.1, 0.15) is 57.8 Å². The van der Waals surface area contributed by atoms with Crippen LogP contribution < -0.4 is 10.9 Å². The van der Waals surface area contributed by atoms with Gasteiger partial charge < -0.3 is 5.11 Å². The Morgan fingerprint density at radius 2 is 1.83 bits per heavy atom. The first-order valence-corrected chi connectivity index (χ1v) is 9.32. The number of allylic oxidation sites excluding steroid dienone is 2. The Bertz CT molecular complexity index is 610. The molecule has 2 unspecified atom stereocenters. The molecule has 4 aliphatic rings. The molecule has 0 bridgehead atoms. The van der Waals surface area contributed by atoms with Crippen LogP contribution in [-0.2, 0) is 9.59 Å². The molecule has 0 aromatic carbocycles. The van der Waals surface area contributed by atoms with E-state index < -0.39 is 5.97 Å². The van der Waals surface area contributed by atoms with Gasteiger partial charge in [-0.15, -0.1) is 0 Å². The highest BCUT2D eigenvalue weighted by atomic mass is 16.4. The van der Waals surface area contributed by atoms with E-state index in [0.29, 0.717) is 5.92 Å². The van der Waals surface area contributed by atoms with Crippen LogP contribution in [0.15, 0.2) is 23.3 Å². The Kier molecular flexibility index (Phi) is 4.09. The van der Waals surface area contributed by atoms with Crippen molar-refractivity contribution in [2.75, 3.05) is 0 Å². The van der Waals surface area contributed by atoms with Crippen molar-refractivity contribution >= 4 is 11.8 Å². The van der Waals surface area contributed by atoms with Crippen LogP contribution in [0.25, 0.3) is 0 Å². The molecule has 1 heterocycles. The molecule has 3 aliphatic carbocycles. The third kappa shape index (κ3) is 2.84. The summed E-state index contributed by atoms with van der Waals surface area (Å²) >= 11 is 0. The van der Waals surface area contributed by atoms with Crippen molar-refractivity contribution in [1.29, 1.82) is 0 Å². The lowest BCUT2D eigenvalue weighted by Crippen LogP contribution is -2.45. The molecule has 1 spiro atoms. The summed E-state index contributed by atoms with van der Waals surface area (Å²) in [5.41, 5.74) is 8.06. The van der Waals surface area contributed by atoms with E-state index in [1.165, 1.54) is 31.8 Å². The number of ketones is 1. The second-order valence-corrected chi connectivity index (χ2v) is 7.94. The van der Waals surface area contributed by atoms with E-state index in [4.69, 9.17) is 0 Å². The quantitative estimate of drug-likeness (QED) is 0.693. The summed E-state index contributed by atoms with van der Waals surface area (Å²) in [5, 5.41) is 9.33. The van der Waals surface area contributed by atoms with Crippen molar-refractivity contribution in [3.8, 4) is 0 Å². The maximum Gasteiger partial charge on any atom is 0.339 e. The average molecular weight is 330 g/mol. The topological polar surface area (TPSA) is 78.4 Å². The van der Waals surface area contributed by atoms with Crippen molar-refractivity contribution < 1.29 is 14.7 Å². The molecular weight excluding hydrogens is 304 g/mol. The molecule has 5 nitrogen and oxygen atoms in total. The van der Waals surface area contributed by atoms with Crippen molar-refractivity contribution in [2.45, 2.75) is 69.4 Å². The molecular formula is C19H26N2O3. The van der Waals surface area contributed by atoms with Gasteiger partial charge in [-0.25, -0.2) is 4.79 Å². The zero-order valence-electron chi connectivity index (χ0n) is 14.0. The van der Waals surface area contributed by atoms with Crippen LogP contribution in [0, 0.1) is 11.8 Å². The van der Waals surface area contributed by atoms with Crippen LogP contribution in [0.4, 0.5) is 0 Å². The Labute approximate surface area is 142 Å². The number of Topliss-reactive ketones (excluding diaryl/α,β-unsaturated/α-hetero) is 1. The molecule has 2 atom stereocenters. The number of hydrogen-bond acceptors (Lipinski definition) is 4. The van der Waals surface area contributed by atoms with Crippen molar-refractivity contribution in [3.05, 3.63) is 23.3 Å². The molecule has 1 aliphatic heterocycles. The van der Waals surface area contributed by atoms with Gasteiger partial charge in [0.05, 0.1) is 5.92 Å². The molecule has 1 saturated heterocycles. The lowest BCUT2D eigenvalue weighted by molar-refractivity contribution is -0.135. The number of nitrogens with one attached hydrogen (secondary N) is 2. The molecule has 3 N–H and O–H groups in total. The minimum absolute atomic E-state index is 0.00509. The zero-order chi connectivity index (χ0) is 16.7. The molecule has 0 aromatic rings. The minimum Gasteiger partial charge on any atom is -0.478 e. The molecule has 2 saturated carbocycles. The number of hydrogen-bond donors (Lipinski definition) is 3. The molecule has 3 fully saturated rings. The number of rotatable bonds is 3. The first-order valence-electron chi connectivity index (χ1n) is 9.32. The fourth-order valence-corrected chi connectivity index (χ4v) is 4.79. The van der Waals surface area contributed by atoms with E-state index in [2.05, 4.69) is 10.9 Å². The summed E-state index contributed by atoms with van der Waals surface area (Å²) < 4.78 is 0. The monoisotopic (exact) mass is 330 g/mol. The van der Waals surface area contributed by atoms with Gasteiger partial charge in [0.25, 0.3) is 0 Å². The molecule has 0 radical (unpaired) electrons. The number of carboxylic acids is 1. The molecule has 0 aromatic heterocycles. The highest BCUT2D eigenvalue weighted by Crippen LogP contribution is 2.46. The summed E-state index contributed by atoms with van der Waals surface area (Å²) in [5.74, 6) is -1.16. The maximum absolute atomic E-state index is 12.9.